The Morgan fingerprint density at radius 1 is 1.12 bits per heavy atom. The van der Waals surface area contributed by atoms with Gasteiger partial charge in [-0.15, -0.1) is 0 Å². The van der Waals surface area contributed by atoms with Crippen LogP contribution in [-0.2, 0) is 4.79 Å². The zero-order chi connectivity index (χ0) is 17.4. The predicted molar refractivity (Wildman–Crippen MR) is 96.2 cm³/mol. The number of hydrogen-bond donors (Lipinski definition) is 0. The molecule has 1 unspecified atom stereocenters. The second kappa shape index (κ2) is 6.14. The van der Waals surface area contributed by atoms with Crippen LogP contribution in [0, 0.1) is 0 Å². The lowest BCUT2D eigenvalue weighted by Crippen LogP contribution is -2.61. The normalized spacial score (nSPS) is 24.1. The Balaban J connectivity index is 1.59. The molecule has 0 N–H and O–H groups in total. The summed E-state index contributed by atoms with van der Waals surface area (Å²) < 4.78 is 0. The number of fused-ring (bicyclic) bond motifs is 1. The minimum atomic E-state index is -0.194. The zero-order valence-corrected chi connectivity index (χ0v) is 14.6. The molecule has 1 aromatic carbocycles. The molecule has 2 aliphatic heterocycles. The standard InChI is InChI=1S/C20H23N3O2/c1-22-18(24)8-4-11-20(22)12-5-13-23(14-20)19(25)17-10-9-15-6-2-3-7-16(15)21-17/h2-3,6-7,9-10H,4-5,8,11-14H2,1H3. The zero-order valence-electron chi connectivity index (χ0n) is 14.6. The molecule has 1 spiro atoms. The van der Waals surface area contributed by atoms with Crippen molar-refractivity contribution in [2.75, 3.05) is 20.1 Å². The van der Waals surface area contributed by atoms with Gasteiger partial charge in [0.2, 0.25) is 5.91 Å². The molecule has 2 amide bonds. The summed E-state index contributed by atoms with van der Waals surface area (Å²) in [6.07, 6.45) is 4.42. The van der Waals surface area contributed by atoms with Crippen molar-refractivity contribution in [2.24, 2.45) is 0 Å². The van der Waals surface area contributed by atoms with Crippen molar-refractivity contribution in [3.63, 3.8) is 0 Å². The third-order valence-electron chi connectivity index (χ3n) is 5.78. The van der Waals surface area contributed by atoms with E-state index >= 15 is 0 Å². The van der Waals surface area contributed by atoms with Gasteiger partial charge in [-0.1, -0.05) is 24.3 Å². The van der Waals surface area contributed by atoms with Crippen LogP contribution in [0.2, 0.25) is 0 Å². The van der Waals surface area contributed by atoms with E-state index in [1.54, 1.807) is 0 Å². The Kier molecular flexibility index (Phi) is 3.94. The highest BCUT2D eigenvalue weighted by molar-refractivity contribution is 5.95. The smallest absolute Gasteiger partial charge is 0.272 e. The third-order valence-corrected chi connectivity index (χ3v) is 5.78. The van der Waals surface area contributed by atoms with Crippen LogP contribution in [0.5, 0.6) is 0 Å². The van der Waals surface area contributed by atoms with Gasteiger partial charge in [-0.2, -0.15) is 0 Å². The summed E-state index contributed by atoms with van der Waals surface area (Å²) in [6, 6.07) is 11.6. The van der Waals surface area contributed by atoms with Gasteiger partial charge in [0.05, 0.1) is 11.1 Å². The summed E-state index contributed by atoms with van der Waals surface area (Å²) >= 11 is 0. The number of carbonyl (C=O) groups is 2. The Hall–Kier alpha value is -2.43. The van der Waals surface area contributed by atoms with Gasteiger partial charge in [-0.3, -0.25) is 9.59 Å². The van der Waals surface area contributed by atoms with Gasteiger partial charge in [0, 0.05) is 31.9 Å². The van der Waals surface area contributed by atoms with E-state index in [0.717, 1.165) is 43.1 Å². The van der Waals surface area contributed by atoms with Crippen LogP contribution < -0.4 is 0 Å². The molecule has 0 saturated carbocycles. The number of carbonyl (C=O) groups excluding carboxylic acids is 2. The van der Waals surface area contributed by atoms with Gasteiger partial charge in [0.25, 0.3) is 5.91 Å². The van der Waals surface area contributed by atoms with E-state index in [0.29, 0.717) is 18.7 Å². The molecule has 2 aromatic rings. The Morgan fingerprint density at radius 2 is 1.92 bits per heavy atom. The maximum Gasteiger partial charge on any atom is 0.272 e. The molecule has 0 aliphatic carbocycles. The van der Waals surface area contributed by atoms with Crippen molar-refractivity contribution in [1.82, 2.24) is 14.8 Å². The van der Waals surface area contributed by atoms with Gasteiger partial charge >= 0.3 is 0 Å². The summed E-state index contributed by atoms with van der Waals surface area (Å²) in [5.41, 5.74) is 1.13. The van der Waals surface area contributed by atoms with Crippen LogP contribution in [0.15, 0.2) is 36.4 Å². The first-order valence-electron chi connectivity index (χ1n) is 9.01. The summed E-state index contributed by atoms with van der Waals surface area (Å²) in [5.74, 6) is 0.167. The van der Waals surface area contributed by atoms with E-state index in [-0.39, 0.29) is 17.4 Å². The number of hydrogen-bond acceptors (Lipinski definition) is 3. The molecular weight excluding hydrogens is 314 g/mol. The van der Waals surface area contributed by atoms with Crippen LogP contribution >= 0.6 is 0 Å². The van der Waals surface area contributed by atoms with Crippen molar-refractivity contribution in [2.45, 2.75) is 37.6 Å². The largest absolute Gasteiger partial charge is 0.338 e. The third kappa shape index (κ3) is 2.77. The summed E-state index contributed by atoms with van der Waals surface area (Å²) in [4.78, 5) is 33.5. The first-order valence-corrected chi connectivity index (χ1v) is 9.01. The number of benzene rings is 1. The monoisotopic (exact) mass is 337 g/mol. The minimum Gasteiger partial charge on any atom is -0.338 e. The van der Waals surface area contributed by atoms with E-state index in [1.807, 2.05) is 53.2 Å². The fraction of sp³-hybridized carbons (Fsp3) is 0.450. The van der Waals surface area contributed by atoms with E-state index in [1.165, 1.54) is 0 Å². The van der Waals surface area contributed by atoms with Crippen LogP contribution in [-0.4, -0.2) is 52.3 Å². The summed E-state index contributed by atoms with van der Waals surface area (Å²) in [6.45, 7) is 1.35. The summed E-state index contributed by atoms with van der Waals surface area (Å²) in [7, 11) is 1.89. The molecule has 5 nitrogen and oxygen atoms in total. The van der Waals surface area contributed by atoms with Gasteiger partial charge < -0.3 is 9.80 Å². The van der Waals surface area contributed by atoms with Crippen LogP contribution in [0.3, 0.4) is 0 Å². The lowest BCUT2D eigenvalue weighted by atomic mass is 9.80. The van der Waals surface area contributed by atoms with E-state index < -0.39 is 0 Å². The fourth-order valence-corrected chi connectivity index (χ4v) is 4.28. The second-order valence-corrected chi connectivity index (χ2v) is 7.25. The molecule has 3 heterocycles. The number of pyridine rings is 1. The van der Waals surface area contributed by atoms with Crippen molar-refractivity contribution in [3.8, 4) is 0 Å². The number of para-hydroxylation sites is 1. The number of likely N-dealkylation sites (tertiary alicyclic amines) is 2. The topological polar surface area (TPSA) is 53.5 Å². The van der Waals surface area contributed by atoms with Crippen molar-refractivity contribution in [1.29, 1.82) is 0 Å². The molecule has 2 saturated heterocycles. The highest BCUT2D eigenvalue weighted by Crippen LogP contribution is 2.36. The molecule has 4 rings (SSSR count). The van der Waals surface area contributed by atoms with Crippen molar-refractivity contribution < 1.29 is 9.59 Å². The molecule has 130 valence electrons. The first kappa shape index (κ1) is 16.1. The van der Waals surface area contributed by atoms with E-state index in [2.05, 4.69) is 4.98 Å². The maximum absolute atomic E-state index is 13.0. The number of amides is 2. The van der Waals surface area contributed by atoms with Crippen LogP contribution in [0.25, 0.3) is 10.9 Å². The molecular formula is C20H23N3O2. The van der Waals surface area contributed by atoms with Crippen molar-refractivity contribution in [3.05, 3.63) is 42.1 Å². The molecule has 0 radical (unpaired) electrons. The Bertz CT molecular complexity index is 831. The fourth-order valence-electron chi connectivity index (χ4n) is 4.28. The lowest BCUT2D eigenvalue weighted by Gasteiger charge is -2.50. The highest BCUT2D eigenvalue weighted by Gasteiger charge is 2.44. The molecule has 1 aromatic heterocycles. The summed E-state index contributed by atoms with van der Waals surface area (Å²) in [5, 5.41) is 1.03. The van der Waals surface area contributed by atoms with Gasteiger partial charge in [-0.25, -0.2) is 4.98 Å². The molecule has 2 fully saturated rings. The molecule has 0 bridgehead atoms. The number of rotatable bonds is 1. The second-order valence-electron chi connectivity index (χ2n) is 7.25. The average Bonchev–Trinajstić information content (AvgIpc) is 2.65. The predicted octanol–water partition coefficient (Wildman–Crippen LogP) is 2.85. The number of piperidine rings is 2. The van der Waals surface area contributed by atoms with E-state index in [9.17, 15) is 9.59 Å². The molecule has 1 atom stereocenters. The van der Waals surface area contributed by atoms with Gasteiger partial charge in [0.15, 0.2) is 0 Å². The molecule has 5 heteroatoms. The highest BCUT2D eigenvalue weighted by atomic mass is 16.2. The Morgan fingerprint density at radius 3 is 2.80 bits per heavy atom. The Labute approximate surface area is 147 Å². The first-order chi connectivity index (χ1) is 12.1. The molecule has 2 aliphatic rings. The molecule has 25 heavy (non-hydrogen) atoms. The number of nitrogens with zero attached hydrogens (tertiary/aromatic N) is 3. The van der Waals surface area contributed by atoms with E-state index in [4.69, 9.17) is 0 Å². The SMILES string of the molecule is CN1C(=O)CCCC12CCCN(C(=O)c1ccc3ccccc3n1)C2. The minimum absolute atomic E-state index is 0.0312. The average molecular weight is 337 g/mol. The number of likely N-dealkylation sites (N-methyl/N-ethyl adjacent to an activating group) is 1. The lowest BCUT2D eigenvalue weighted by molar-refractivity contribution is -0.142. The van der Waals surface area contributed by atoms with Crippen LogP contribution in [0.4, 0.5) is 0 Å². The maximum atomic E-state index is 13.0. The van der Waals surface area contributed by atoms with Crippen LogP contribution in [0.1, 0.15) is 42.6 Å². The number of aromatic nitrogens is 1. The van der Waals surface area contributed by atoms with Gasteiger partial charge in [0.1, 0.15) is 5.69 Å². The quantitative estimate of drug-likeness (QED) is 0.804. The van der Waals surface area contributed by atoms with Gasteiger partial charge in [-0.05, 0) is 37.8 Å². The van der Waals surface area contributed by atoms with Crippen molar-refractivity contribution >= 4 is 22.7 Å².